The highest BCUT2D eigenvalue weighted by Crippen LogP contribution is 2.30. The highest BCUT2D eigenvalue weighted by atomic mass is 32.1. The van der Waals surface area contributed by atoms with E-state index in [1.807, 2.05) is 36.4 Å². The minimum Gasteiger partial charge on any atom is -0.326 e. The van der Waals surface area contributed by atoms with Crippen LogP contribution in [0.2, 0.25) is 0 Å². The van der Waals surface area contributed by atoms with Gasteiger partial charge >= 0.3 is 0 Å². The number of hydrogen-bond acceptors (Lipinski definition) is 4. The standard InChI is InChI=1S/C21H21N3O2S/c25-19(14-7-3-1-4-8-14)22-16-11-12-17-18(13-16)27-21(23-17)24-20(26)15-9-5-2-6-10-15/h2,5-6,9-14H,1,3-4,7-8H2,(H,22,25)(H,23,24,26). The number of rotatable bonds is 4. The molecule has 6 heteroatoms. The van der Waals surface area contributed by atoms with Crippen molar-refractivity contribution in [1.82, 2.24) is 4.98 Å². The molecule has 0 saturated heterocycles. The lowest BCUT2D eigenvalue weighted by Crippen LogP contribution is -2.24. The Morgan fingerprint density at radius 1 is 0.963 bits per heavy atom. The molecule has 0 spiro atoms. The van der Waals surface area contributed by atoms with E-state index in [0.29, 0.717) is 10.7 Å². The van der Waals surface area contributed by atoms with E-state index in [0.717, 1.165) is 41.6 Å². The van der Waals surface area contributed by atoms with Gasteiger partial charge in [-0.3, -0.25) is 14.9 Å². The Labute approximate surface area is 161 Å². The third-order valence-electron chi connectivity index (χ3n) is 4.89. The number of carbonyl (C=O) groups is 2. The average Bonchev–Trinajstić information content (AvgIpc) is 3.10. The van der Waals surface area contributed by atoms with Gasteiger partial charge in [0.2, 0.25) is 5.91 Å². The summed E-state index contributed by atoms with van der Waals surface area (Å²) < 4.78 is 0.930. The normalized spacial score (nSPS) is 14.8. The first-order valence-electron chi connectivity index (χ1n) is 9.27. The van der Waals surface area contributed by atoms with Crippen molar-refractivity contribution in [3.05, 3.63) is 54.1 Å². The van der Waals surface area contributed by atoms with E-state index in [4.69, 9.17) is 0 Å². The van der Waals surface area contributed by atoms with Gasteiger partial charge in [-0.05, 0) is 43.2 Å². The van der Waals surface area contributed by atoms with Gasteiger partial charge in [0.15, 0.2) is 5.13 Å². The summed E-state index contributed by atoms with van der Waals surface area (Å²) in [4.78, 5) is 29.2. The number of nitrogens with one attached hydrogen (secondary N) is 2. The first kappa shape index (κ1) is 17.7. The number of amides is 2. The monoisotopic (exact) mass is 379 g/mol. The fraction of sp³-hybridized carbons (Fsp3) is 0.286. The smallest absolute Gasteiger partial charge is 0.257 e. The number of thiazole rings is 1. The zero-order chi connectivity index (χ0) is 18.6. The molecule has 4 rings (SSSR count). The molecule has 27 heavy (non-hydrogen) atoms. The van der Waals surface area contributed by atoms with Crippen LogP contribution in [0.1, 0.15) is 42.5 Å². The second-order valence-electron chi connectivity index (χ2n) is 6.85. The van der Waals surface area contributed by atoms with Gasteiger partial charge in [0.25, 0.3) is 5.91 Å². The van der Waals surface area contributed by atoms with Crippen LogP contribution in [0.4, 0.5) is 10.8 Å². The lowest BCUT2D eigenvalue weighted by atomic mass is 9.88. The quantitative estimate of drug-likeness (QED) is 0.665. The first-order valence-corrected chi connectivity index (χ1v) is 10.1. The molecule has 5 nitrogen and oxygen atoms in total. The molecule has 1 aliphatic carbocycles. The molecule has 0 aliphatic heterocycles. The van der Waals surface area contributed by atoms with Crippen LogP contribution in [-0.2, 0) is 4.79 Å². The van der Waals surface area contributed by atoms with Crippen molar-refractivity contribution in [2.75, 3.05) is 10.6 Å². The maximum atomic E-state index is 12.4. The lowest BCUT2D eigenvalue weighted by Gasteiger charge is -2.20. The Hall–Kier alpha value is -2.73. The zero-order valence-corrected chi connectivity index (χ0v) is 15.7. The molecule has 1 saturated carbocycles. The summed E-state index contributed by atoms with van der Waals surface area (Å²) in [6.07, 6.45) is 5.45. The van der Waals surface area contributed by atoms with Gasteiger partial charge < -0.3 is 5.32 Å². The van der Waals surface area contributed by atoms with Crippen LogP contribution >= 0.6 is 11.3 Å². The Morgan fingerprint density at radius 2 is 1.74 bits per heavy atom. The molecule has 3 aromatic rings. The third-order valence-corrected chi connectivity index (χ3v) is 5.82. The summed E-state index contributed by atoms with van der Waals surface area (Å²) in [6, 6.07) is 14.7. The van der Waals surface area contributed by atoms with Crippen molar-refractivity contribution in [3.63, 3.8) is 0 Å². The van der Waals surface area contributed by atoms with Gasteiger partial charge in [-0.15, -0.1) is 0 Å². The number of benzene rings is 2. The van der Waals surface area contributed by atoms with Crippen LogP contribution in [-0.4, -0.2) is 16.8 Å². The molecule has 1 fully saturated rings. The first-order chi connectivity index (χ1) is 13.2. The topological polar surface area (TPSA) is 71.1 Å². The summed E-state index contributed by atoms with van der Waals surface area (Å²) in [5, 5.41) is 6.42. The van der Waals surface area contributed by atoms with Crippen molar-refractivity contribution in [2.24, 2.45) is 5.92 Å². The highest BCUT2D eigenvalue weighted by molar-refractivity contribution is 7.22. The van der Waals surface area contributed by atoms with Gasteiger partial charge in [0, 0.05) is 17.2 Å². The van der Waals surface area contributed by atoms with Gasteiger partial charge in [0.1, 0.15) is 0 Å². The van der Waals surface area contributed by atoms with Gasteiger partial charge in [-0.1, -0.05) is 48.8 Å². The van der Waals surface area contributed by atoms with Crippen LogP contribution in [0, 0.1) is 5.92 Å². The van der Waals surface area contributed by atoms with E-state index in [2.05, 4.69) is 15.6 Å². The van der Waals surface area contributed by atoms with Crippen LogP contribution in [0.25, 0.3) is 10.2 Å². The largest absolute Gasteiger partial charge is 0.326 e. The number of anilines is 2. The van der Waals surface area contributed by atoms with E-state index >= 15 is 0 Å². The third kappa shape index (κ3) is 4.17. The Balaban J connectivity index is 1.46. The minimum absolute atomic E-state index is 0.108. The second kappa shape index (κ2) is 7.88. The Bertz CT molecular complexity index is 962. The van der Waals surface area contributed by atoms with Gasteiger partial charge in [-0.2, -0.15) is 0 Å². The highest BCUT2D eigenvalue weighted by Gasteiger charge is 2.21. The van der Waals surface area contributed by atoms with E-state index in [1.165, 1.54) is 17.8 Å². The van der Waals surface area contributed by atoms with Gasteiger partial charge in [0.05, 0.1) is 10.2 Å². The molecule has 2 aromatic carbocycles. The van der Waals surface area contributed by atoms with Crippen molar-refractivity contribution in [3.8, 4) is 0 Å². The summed E-state index contributed by atoms with van der Waals surface area (Å²) in [6.45, 7) is 0. The van der Waals surface area contributed by atoms with E-state index in [-0.39, 0.29) is 17.7 Å². The number of nitrogens with zero attached hydrogens (tertiary/aromatic N) is 1. The molecule has 0 radical (unpaired) electrons. The Kier molecular flexibility index (Phi) is 5.16. The maximum Gasteiger partial charge on any atom is 0.257 e. The zero-order valence-electron chi connectivity index (χ0n) is 14.9. The van der Waals surface area contributed by atoms with Crippen molar-refractivity contribution < 1.29 is 9.59 Å². The predicted octanol–water partition coefficient (Wildman–Crippen LogP) is 5.07. The molecular formula is C21H21N3O2S. The molecule has 0 unspecified atom stereocenters. The molecule has 1 heterocycles. The maximum absolute atomic E-state index is 12.4. The van der Waals surface area contributed by atoms with Crippen molar-refractivity contribution >= 4 is 44.2 Å². The SMILES string of the molecule is O=C(Nc1nc2ccc(NC(=O)C3CCCCC3)cc2s1)c1ccccc1. The summed E-state index contributed by atoms with van der Waals surface area (Å²) in [7, 11) is 0. The molecule has 2 amide bonds. The summed E-state index contributed by atoms with van der Waals surface area (Å²) in [5.74, 6) is 0.0493. The summed E-state index contributed by atoms with van der Waals surface area (Å²) >= 11 is 1.40. The molecule has 1 aromatic heterocycles. The number of aromatic nitrogens is 1. The van der Waals surface area contributed by atoms with Gasteiger partial charge in [-0.25, -0.2) is 4.98 Å². The van der Waals surface area contributed by atoms with E-state index < -0.39 is 0 Å². The van der Waals surface area contributed by atoms with Crippen LogP contribution in [0.3, 0.4) is 0 Å². The second-order valence-corrected chi connectivity index (χ2v) is 7.88. The molecule has 138 valence electrons. The minimum atomic E-state index is -0.180. The van der Waals surface area contributed by atoms with Crippen molar-refractivity contribution in [1.29, 1.82) is 0 Å². The lowest BCUT2D eigenvalue weighted by molar-refractivity contribution is -0.120. The molecular weight excluding hydrogens is 358 g/mol. The molecule has 2 N–H and O–H groups in total. The van der Waals surface area contributed by atoms with Crippen LogP contribution in [0.15, 0.2) is 48.5 Å². The van der Waals surface area contributed by atoms with E-state index in [1.54, 1.807) is 12.1 Å². The van der Waals surface area contributed by atoms with Crippen molar-refractivity contribution in [2.45, 2.75) is 32.1 Å². The molecule has 1 aliphatic rings. The molecule has 0 atom stereocenters. The fourth-order valence-corrected chi connectivity index (χ4v) is 4.32. The fourth-order valence-electron chi connectivity index (χ4n) is 3.42. The average molecular weight is 379 g/mol. The Morgan fingerprint density at radius 3 is 2.52 bits per heavy atom. The van der Waals surface area contributed by atoms with Crippen LogP contribution < -0.4 is 10.6 Å². The van der Waals surface area contributed by atoms with E-state index in [9.17, 15) is 9.59 Å². The number of fused-ring (bicyclic) bond motifs is 1. The number of hydrogen-bond donors (Lipinski definition) is 2. The number of carbonyl (C=O) groups excluding carboxylic acids is 2. The van der Waals surface area contributed by atoms with Crippen LogP contribution in [0.5, 0.6) is 0 Å². The predicted molar refractivity (Wildman–Crippen MR) is 109 cm³/mol. The molecule has 0 bridgehead atoms. The summed E-state index contributed by atoms with van der Waals surface area (Å²) in [5.41, 5.74) is 2.18.